The number of nitrogens with zero attached hydrogens (tertiary/aromatic N) is 1. The Morgan fingerprint density at radius 3 is 2.50 bits per heavy atom. The minimum atomic E-state index is -3.71. The van der Waals surface area contributed by atoms with Crippen LogP contribution < -0.4 is 19.1 Å². The Kier molecular flexibility index (Phi) is 8.86. The molecule has 2 aromatic rings. The van der Waals surface area contributed by atoms with Gasteiger partial charge in [0.2, 0.25) is 15.9 Å². The van der Waals surface area contributed by atoms with E-state index in [1.165, 1.54) is 31.4 Å². The lowest BCUT2D eigenvalue weighted by atomic mass is 10.1. The molecule has 0 saturated carbocycles. The summed E-state index contributed by atoms with van der Waals surface area (Å²) < 4.78 is 36.2. The standard InChI is InChI=1S/C21H28N2O5S2/c1-16-7-5-6-8-17(16)15-29-12-11-22-21(24)14-23(30(4,25)26)19-13-18(27-2)9-10-20(19)28-3/h5-10,13H,11-12,14-15H2,1-4H3,(H,22,24). The monoisotopic (exact) mass is 452 g/mol. The van der Waals surface area contributed by atoms with Crippen molar-refractivity contribution in [1.82, 2.24) is 5.32 Å². The van der Waals surface area contributed by atoms with Crippen molar-refractivity contribution >= 4 is 33.4 Å². The highest BCUT2D eigenvalue weighted by Crippen LogP contribution is 2.33. The lowest BCUT2D eigenvalue weighted by Gasteiger charge is -2.24. The van der Waals surface area contributed by atoms with Gasteiger partial charge in [-0.15, -0.1) is 0 Å². The van der Waals surface area contributed by atoms with Crippen molar-refractivity contribution in [3.8, 4) is 11.5 Å². The molecule has 0 unspecified atom stereocenters. The Morgan fingerprint density at radius 2 is 1.87 bits per heavy atom. The second-order valence-electron chi connectivity index (χ2n) is 6.64. The van der Waals surface area contributed by atoms with Gasteiger partial charge in [0, 0.05) is 24.1 Å². The maximum Gasteiger partial charge on any atom is 0.240 e. The van der Waals surface area contributed by atoms with E-state index >= 15 is 0 Å². The molecule has 164 valence electrons. The summed E-state index contributed by atoms with van der Waals surface area (Å²) in [5, 5.41) is 2.78. The van der Waals surface area contributed by atoms with Gasteiger partial charge >= 0.3 is 0 Å². The lowest BCUT2D eigenvalue weighted by molar-refractivity contribution is -0.119. The number of sulfonamides is 1. The number of rotatable bonds is 11. The fourth-order valence-electron chi connectivity index (χ4n) is 2.78. The quantitative estimate of drug-likeness (QED) is 0.528. The second kappa shape index (κ2) is 11.1. The van der Waals surface area contributed by atoms with Gasteiger partial charge in [-0.2, -0.15) is 11.8 Å². The van der Waals surface area contributed by atoms with E-state index in [0.29, 0.717) is 18.0 Å². The minimum Gasteiger partial charge on any atom is -0.497 e. The molecule has 0 heterocycles. The molecular formula is C21H28N2O5S2. The van der Waals surface area contributed by atoms with Gasteiger partial charge in [0.15, 0.2) is 0 Å². The summed E-state index contributed by atoms with van der Waals surface area (Å²) >= 11 is 1.71. The Morgan fingerprint density at radius 1 is 1.13 bits per heavy atom. The molecule has 7 nitrogen and oxygen atoms in total. The number of benzene rings is 2. The van der Waals surface area contributed by atoms with Crippen LogP contribution in [-0.2, 0) is 20.6 Å². The lowest BCUT2D eigenvalue weighted by Crippen LogP contribution is -2.41. The number of carbonyl (C=O) groups excluding carboxylic acids is 1. The first-order valence-corrected chi connectivity index (χ1v) is 12.3. The second-order valence-corrected chi connectivity index (χ2v) is 9.65. The average Bonchev–Trinajstić information content (AvgIpc) is 2.71. The third-order valence-corrected chi connectivity index (χ3v) is 6.56. The molecule has 0 radical (unpaired) electrons. The summed E-state index contributed by atoms with van der Waals surface area (Å²) in [6, 6.07) is 13.0. The molecule has 9 heteroatoms. The number of hydrogen-bond acceptors (Lipinski definition) is 6. The zero-order valence-corrected chi connectivity index (χ0v) is 19.3. The van der Waals surface area contributed by atoms with E-state index in [1.807, 2.05) is 12.1 Å². The number of nitrogens with one attached hydrogen (secondary N) is 1. The largest absolute Gasteiger partial charge is 0.497 e. The van der Waals surface area contributed by atoms with Crippen LogP contribution in [-0.4, -0.2) is 53.6 Å². The van der Waals surface area contributed by atoms with Gasteiger partial charge in [-0.3, -0.25) is 9.10 Å². The highest BCUT2D eigenvalue weighted by atomic mass is 32.2. The molecule has 0 aliphatic carbocycles. The van der Waals surface area contributed by atoms with Gasteiger partial charge in [0.05, 0.1) is 26.2 Å². The predicted octanol–water partition coefficient (Wildman–Crippen LogP) is 2.83. The maximum absolute atomic E-state index is 12.4. The Balaban J connectivity index is 1.96. The van der Waals surface area contributed by atoms with E-state index < -0.39 is 10.0 Å². The summed E-state index contributed by atoms with van der Waals surface area (Å²) in [6.07, 6.45) is 1.05. The van der Waals surface area contributed by atoms with Crippen molar-refractivity contribution in [2.75, 3.05) is 43.6 Å². The summed E-state index contributed by atoms with van der Waals surface area (Å²) in [6.45, 7) is 2.18. The van der Waals surface area contributed by atoms with Crippen LogP contribution in [0.1, 0.15) is 11.1 Å². The van der Waals surface area contributed by atoms with Crippen LogP contribution in [0.5, 0.6) is 11.5 Å². The van der Waals surface area contributed by atoms with Crippen LogP contribution in [0.25, 0.3) is 0 Å². The first kappa shape index (κ1) is 23.9. The first-order valence-electron chi connectivity index (χ1n) is 9.35. The number of amides is 1. The van der Waals surface area contributed by atoms with E-state index in [0.717, 1.165) is 22.1 Å². The van der Waals surface area contributed by atoms with Crippen molar-refractivity contribution in [1.29, 1.82) is 0 Å². The first-order chi connectivity index (χ1) is 14.3. The molecular weight excluding hydrogens is 424 g/mol. The number of aryl methyl sites for hydroxylation is 1. The molecule has 0 bridgehead atoms. The molecule has 30 heavy (non-hydrogen) atoms. The van der Waals surface area contributed by atoms with Crippen molar-refractivity contribution < 1.29 is 22.7 Å². The molecule has 0 aliphatic rings. The zero-order chi connectivity index (χ0) is 22.1. The molecule has 0 saturated heterocycles. The van der Waals surface area contributed by atoms with Crippen molar-refractivity contribution in [2.24, 2.45) is 0 Å². The van der Waals surface area contributed by atoms with Gasteiger partial charge in [0.25, 0.3) is 0 Å². The molecule has 0 spiro atoms. The number of anilines is 1. The van der Waals surface area contributed by atoms with Crippen LogP contribution in [0.4, 0.5) is 5.69 Å². The maximum atomic E-state index is 12.4. The number of carbonyl (C=O) groups is 1. The molecule has 1 N–H and O–H groups in total. The van der Waals surface area contributed by atoms with Crippen LogP contribution in [0.3, 0.4) is 0 Å². The Bertz CT molecular complexity index is 964. The predicted molar refractivity (Wildman–Crippen MR) is 122 cm³/mol. The zero-order valence-electron chi connectivity index (χ0n) is 17.7. The van der Waals surface area contributed by atoms with Crippen molar-refractivity contribution in [3.05, 3.63) is 53.6 Å². The van der Waals surface area contributed by atoms with Crippen LogP contribution >= 0.6 is 11.8 Å². The number of thioether (sulfide) groups is 1. The third-order valence-electron chi connectivity index (χ3n) is 4.43. The summed E-state index contributed by atoms with van der Waals surface area (Å²) in [5.74, 6) is 2.00. The molecule has 1 amide bonds. The summed E-state index contributed by atoms with van der Waals surface area (Å²) in [4.78, 5) is 12.4. The normalized spacial score (nSPS) is 11.1. The number of methoxy groups -OCH3 is 2. The molecule has 2 rings (SSSR count). The van der Waals surface area contributed by atoms with Gasteiger partial charge in [-0.05, 0) is 30.2 Å². The van der Waals surface area contributed by atoms with Crippen LogP contribution in [0.2, 0.25) is 0 Å². The van der Waals surface area contributed by atoms with E-state index in [-0.39, 0.29) is 18.1 Å². The van der Waals surface area contributed by atoms with Crippen LogP contribution in [0, 0.1) is 6.92 Å². The van der Waals surface area contributed by atoms with Gasteiger partial charge < -0.3 is 14.8 Å². The van der Waals surface area contributed by atoms with E-state index in [9.17, 15) is 13.2 Å². The topological polar surface area (TPSA) is 84.9 Å². The van der Waals surface area contributed by atoms with Crippen molar-refractivity contribution in [3.63, 3.8) is 0 Å². The average molecular weight is 453 g/mol. The molecule has 0 aromatic heterocycles. The Labute approximate surface area is 182 Å². The minimum absolute atomic E-state index is 0.253. The third kappa shape index (κ3) is 6.84. The smallest absolute Gasteiger partial charge is 0.240 e. The van der Waals surface area contributed by atoms with Gasteiger partial charge in [0.1, 0.15) is 18.0 Å². The molecule has 0 fully saturated rings. The van der Waals surface area contributed by atoms with Crippen LogP contribution in [0.15, 0.2) is 42.5 Å². The number of ether oxygens (including phenoxy) is 2. The fourth-order valence-corrected chi connectivity index (χ4v) is 4.56. The fraction of sp³-hybridized carbons (Fsp3) is 0.381. The molecule has 2 aromatic carbocycles. The van der Waals surface area contributed by atoms with E-state index in [4.69, 9.17) is 9.47 Å². The highest BCUT2D eigenvalue weighted by Gasteiger charge is 2.24. The molecule has 0 atom stereocenters. The summed E-state index contributed by atoms with van der Waals surface area (Å²) in [7, 11) is -0.789. The molecule has 0 aliphatic heterocycles. The van der Waals surface area contributed by atoms with Gasteiger partial charge in [-0.1, -0.05) is 24.3 Å². The SMILES string of the molecule is COc1ccc(OC)c(N(CC(=O)NCCSCc2ccccc2C)S(C)(=O)=O)c1. The highest BCUT2D eigenvalue weighted by molar-refractivity contribution is 7.98. The van der Waals surface area contributed by atoms with Crippen molar-refractivity contribution in [2.45, 2.75) is 12.7 Å². The Hall–Kier alpha value is -2.39. The van der Waals surface area contributed by atoms with E-state index in [1.54, 1.807) is 23.9 Å². The summed E-state index contributed by atoms with van der Waals surface area (Å²) in [5.41, 5.74) is 2.76. The number of hydrogen-bond donors (Lipinski definition) is 1. The van der Waals surface area contributed by atoms with Gasteiger partial charge in [-0.25, -0.2) is 8.42 Å². The van der Waals surface area contributed by atoms with E-state index in [2.05, 4.69) is 24.4 Å².